The molecule has 2 aromatic rings. The van der Waals surface area contributed by atoms with Crippen molar-refractivity contribution in [1.82, 2.24) is 4.98 Å². The van der Waals surface area contributed by atoms with Crippen molar-refractivity contribution in [2.24, 2.45) is 0 Å². The molecule has 0 fully saturated rings. The number of hydrogen-bond acceptors (Lipinski definition) is 1. The monoisotopic (exact) mass is 245 g/mol. The van der Waals surface area contributed by atoms with Crippen molar-refractivity contribution in [1.29, 1.82) is 0 Å². The molecule has 96 valence electrons. The molecule has 1 aromatic heterocycles. The lowest BCUT2D eigenvalue weighted by molar-refractivity contribution is -0.687. The van der Waals surface area contributed by atoms with Gasteiger partial charge in [-0.1, -0.05) is 26.8 Å². The van der Waals surface area contributed by atoms with E-state index in [1.54, 1.807) is 7.11 Å². The number of aromatic nitrogens is 2. The van der Waals surface area contributed by atoms with Crippen LogP contribution in [0.4, 0.5) is 0 Å². The van der Waals surface area contributed by atoms with Crippen molar-refractivity contribution < 1.29 is 9.30 Å². The van der Waals surface area contributed by atoms with Gasteiger partial charge in [0, 0.05) is 0 Å². The molecule has 18 heavy (non-hydrogen) atoms. The predicted molar refractivity (Wildman–Crippen MR) is 71.8 cm³/mol. The Labute approximate surface area is 108 Å². The molecule has 0 saturated heterocycles. The van der Waals surface area contributed by atoms with Gasteiger partial charge in [0.2, 0.25) is 6.33 Å². The SMILES string of the molecule is COc1ccc(C[n+]2cc[nH]c2)cc1C(C)(C)C. The second-order valence-corrected chi connectivity index (χ2v) is 5.57. The number of nitrogens with one attached hydrogen (secondary N) is 1. The molecule has 0 amide bonds. The van der Waals surface area contributed by atoms with E-state index in [0.29, 0.717) is 0 Å². The zero-order valence-corrected chi connectivity index (χ0v) is 11.5. The molecule has 2 rings (SSSR count). The quantitative estimate of drug-likeness (QED) is 0.828. The molecule has 0 bridgehead atoms. The van der Waals surface area contributed by atoms with E-state index in [4.69, 9.17) is 4.74 Å². The Morgan fingerprint density at radius 3 is 2.61 bits per heavy atom. The Kier molecular flexibility index (Phi) is 3.41. The van der Waals surface area contributed by atoms with Crippen LogP contribution in [0.3, 0.4) is 0 Å². The summed E-state index contributed by atoms with van der Waals surface area (Å²) in [5.41, 5.74) is 2.62. The van der Waals surface area contributed by atoms with Crippen LogP contribution < -0.4 is 9.30 Å². The third-order valence-corrected chi connectivity index (χ3v) is 3.04. The standard InChI is InChI=1S/C15H20N2O/c1-15(2,3)13-9-12(5-6-14(13)18-4)10-17-8-7-16-11-17/h5-9,11H,10H2,1-4H3/p+1. The second-order valence-electron chi connectivity index (χ2n) is 5.57. The molecule has 1 N–H and O–H groups in total. The minimum Gasteiger partial charge on any atom is -0.496 e. The first-order valence-corrected chi connectivity index (χ1v) is 6.20. The van der Waals surface area contributed by atoms with Crippen LogP contribution in [-0.2, 0) is 12.0 Å². The minimum atomic E-state index is 0.0875. The fourth-order valence-electron chi connectivity index (χ4n) is 2.07. The average molecular weight is 245 g/mol. The molecule has 0 radical (unpaired) electrons. The molecule has 0 unspecified atom stereocenters. The van der Waals surface area contributed by atoms with E-state index < -0.39 is 0 Å². The highest BCUT2D eigenvalue weighted by Gasteiger charge is 2.19. The van der Waals surface area contributed by atoms with Crippen LogP contribution in [0.1, 0.15) is 31.9 Å². The number of rotatable bonds is 3. The molecule has 0 atom stereocenters. The predicted octanol–water partition coefficient (Wildman–Crippen LogP) is 2.66. The second kappa shape index (κ2) is 4.84. The molecule has 0 aliphatic carbocycles. The lowest BCUT2D eigenvalue weighted by Crippen LogP contribution is -2.31. The van der Waals surface area contributed by atoms with E-state index >= 15 is 0 Å². The first kappa shape index (κ1) is 12.7. The number of nitrogens with zero attached hydrogens (tertiary/aromatic N) is 1. The summed E-state index contributed by atoms with van der Waals surface area (Å²) in [5, 5.41) is 0. The fourth-order valence-corrected chi connectivity index (χ4v) is 2.07. The van der Waals surface area contributed by atoms with Crippen LogP contribution in [-0.4, -0.2) is 12.1 Å². The first-order chi connectivity index (χ1) is 8.50. The smallest absolute Gasteiger partial charge is 0.241 e. The van der Waals surface area contributed by atoms with Gasteiger partial charge in [0.1, 0.15) is 24.7 Å². The fraction of sp³-hybridized carbons (Fsp3) is 0.400. The average Bonchev–Trinajstić information content (AvgIpc) is 2.80. The Balaban J connectivity index is 2.34. The summed E-state index contributed by atoms with van der Waals surface area (Å²) in [6.07, 6.45) is 5.91. The zero-order chi connectivity index (χ0) is 13.2. The number of aromatic amines is 1. The number of hydrogen-bond donors (Lipinski definition) is 1. The number of H-pyrrole nitrogens is 1. The van der Waals surface area contributed by atoms with Gasteiger partial charge in [0.25, 0.3) is 0 Å². The van der Waals surface area contributed by atoms with Gasteiger partial charge in [-0.15, -0.1) is 0 Å². The van der Waals surface area contributed by atoms with E-state index in [-0.39, 0.29) is 5.41 Å². The van der Waals surface area contributed by atoms with Gasteiger partial charge >= 0.3 is 0 Å². The lowest BCUT2D eigenvalue weighted by atomic mass is 9.85. The van der Waals surface area contributed by atoms with E-state index in [9.17, 15) is 0 Å². The molecule has 0 spiro atoms. The van der Waals surface area contributed by atoms with Crippen molar-refractivity contribution in [3.63, 3.8) is 0 Å². The number of ether oxygens (including phenoxy) is 1. The normalized spacial score (nSPS) is 11.6. The molecule has 3 nitrogen and oxygen atoms in total. The minimum absolute atomic E-state index is 0.0875. The summed E-state index contributed by atoms with van der Waals surface area (Å²) in [4.78, 5) is 3.06. The molecule has 1 heterocycles. The highest BCUT2D eigenvalue weighted by molar-refractivity contribution is 5.41. The summed E-state index contributed by atoms with van der Waals surface area (Å²) in [5.74, 6) is 0.963. The van der Waals surface area contributed by atoms with Crippen LogP contribution in [0.15, 0.2) is 36.9 Å². The van der Waals surface area contributed by atoms with Crippen molar-refractivity contribution in [3.8, 4) is 5.75 Å². The summed E-state index contributed by atoms with van der Waals surface area (Å²) >= 11 is 0. The van der Waals surface area contributed by atoms with Crippen LogP contribution in [0.2, 0.25) is 0 Å². The molecule has 1 aromatic carbocycles. The van der Waals surface area contributed by atoms with Gasteiger partial charge in [-0.2, -0.15) is 0 Å². The highest BCUT2D eigenvalue weighted by atomic mass is 16.5. The summed E-state index contributed by atoms with van der Waals surface area (Å²) < 4.78 is 7.57. The maximum absolute atomic E-state index is 5.45. The molecule has 3 heteroatoms. The molecular formula is C15H21N2O+. The van der Waals surface area contributed by atoms with E-state index in [0.717, 1.165) is 12.3 Å². The van der Waals surface area contributed by atoms with Crippen molar-refractivity contribution in [2.75, 3.05) is 7.11 Å². The van der Waals surface area contributed by atoms with Gasteiger partial charge in [0.05, 0.1) is 7.11 Å². The summed E-state index contributed by atoms with van der Waals surface area (Å²) in [7, 11) is 1.73. The van der Waals surface area contributed by atoms with Crippen LogP contribution in [0, 0.1) is 0 Å². The number of benzene rings is 1. The van der Waals surface area contributed by atoms with E-state index in [2.05, 4.69) is 48.5 Å². The van der Waals surface area contributed by atoms with Crippen molar-refractivity contribution >= 4 is 0 Å². The number of methoxy groups -OCH3 is 1. The highest BCUT2D eigenvalue weighted by Crippen LogP contribution is 2.31. The summed E-state index contributed by atoms with van der Waals surface area (Å²) in [6.45, 7) is 7.49. The summed E-state index contributed by atoms with van der Waals surface area (Å²) in [6, 6.07) is 6.41. The van der Waals surface area contributed by atoms with Crippen LogP contribution >= 0.6 is 0 Å². The topological polar surface area (TPSA) is 28.9 Å². The molecule has 0 saturated carbocycles. The van der Waals surface area contributed by atoms with Crippen molar-refractivity contribution in [2.45, 2.75) is 32.7 Å². The van der Waals surface area contributed by atoms with Crippen LogP contribution in [0.5, 0.6) is 5.75 Å². The van der Waals surface area contributed by atoms with Crippen molar-refractivity contribution in [3.05, 3.63) is 48.0 Å². The molecular weight excluding hydrogens is 224 g/mol. The Hall–Kier alpha value is -1.77. The van der Waals surface area contributed by atoms with Crippen LogP contribution in [0.25, 0.3) is 0 Å². The zero-order valence-electron chi connectivity index (χ0n) is 11.5. The third kappa shape index (κ3) is 2.73. The largest absolute Gasteiger partial charge is 0.496 e. The van der Waals surface area contributed by atoms with Gasteiger partial charge in [0.15, 0.2) is 0 Å². The Bertz CT molecular complexity index is 510. The van der Waals surface area contributed by atoms with Gasteiger partial charge < -0.3 is 4.74 Å². The molecule has 0 aliphatic heterocycles. The number of imidazole rings is 1. The lowest BCUT2D eigenvalue weighted by Gasteiger charge is -2.22. The Morgan fingerprint density at radius 1 is 1.28 bits per heavy atom. The first-order valence-electron chi connectivity index (χ1n) is 6.20. The van der Waals surface area contributed by atoms with Gasteiger partial charge in [-0.3, -0.25) is 4.98 Å². The maximum atomic E-state index is 5.45. The van der Waals surface area contributed by atoms with Gasteiger partial charge in [-0.05, 0) is 28.7 Å². The third-order valence-electron chi connectivity index (χ3n) is 3.04. The maximum Gasteiger partial charge on any atom is 0.241 e. The molecule has 0 aliphatic rings. The van der Waals surface area contributed by atoms with E-state index in [1.807, 2.05) is 18.7 Å². The van der Waals surface area contributed by atoms with E-state index in [1.165, 1.54) is 11.1 Å². The Morgan fingerprint density at radius 2 is 2.06 bits per heavy atom. The van der Waals surface area contributed by atoms with Gasteiger partial charge in [-0.25, -0.2) is 4.57 Å².